The third-order valence-corrected chi connectivity index (χ3v) is 3.57. The molecule has 0 aliphatic carbocycles. The first-order valence-electron chi connectivity index (χ1n) is 7.51. The van der Waals surface area contributed by atoms with Crippen LogP contribution in [0.3, 0.4) is 0 Å². The maximum absolute atomic E-state index is 11.9. The maximum atomic E-state index is 11.9. The molecule has 0 saturated carbocycles. The molecule has 0 spiro atoms. The number of anilines is 1. The van der Waals surface area contributed by atoms with Crippen molar-refractivity contribution in [1.29, 1.82) is 0 Å². The minimum absolute atomic E-state index is 0.276. The van der Waals surface area contributed by atoms with Crippen LogP contribution in [0.4, 0.5) is 10.5 Å². The van der Waals surface area contributed by atoms with E-state index in [9.17, 15) is 4.79 Å². The fourth-order valence-corrected chi connectivity index (χ4v) is 2.20. The average Bonchev–Trinajstić information content (AvgIpc) is 3.02. The summed E-state index contributed by atoms with van der Waals surface area (Å²) in [5, 5.41) is 9.71. The Morgan fingerprint density at radius 3 is 2.75 bits per heavy atom. The van der Waals surface area contributed by atoms with Crippen molar-refractivity contribution < 1.29 is 4.79 Å². The molecule has 3 aromatic heterocycles. The second-order valence-electron chi connectivity index (χ2n) is 5.45. The molecule has 24 heavy (non-hydrogen) atoms. The third kappa shape index (κ3) is 3.75. The lowest BCUT2D eigenvalue weighted by atomic mass is 10.2. The van der Waals surface area contributed by atoms with Crippen molar-refractivity contribution in [2.75, 3.05) is 5.32 Å². The van der Waals surface area contributed by atoms with Gasteiger partial charge in [-0.3, -0.25) is 14.6 Å². The van der Waals surface area contributed by atoms with E-state index in [4.69, 9.17) is 0 Å². The van der Waals surface area contributed by atoms with Gasteiger partial charge >= 0.3 is 6.03 Å². The topological polar surface area (TPSA) is 84.7 Å². The predicted octanol–water partition coefficient (Wildman–Crippen LogP) is 2.51. The normalized spacial score (nSPS) is 10.4. The number of hydrogen-bond donors (Lipinski definition) is 2. The number of nitrogens with zero attached hydrogens (tertiary/aromatic N) is 4. The largest absolute Gasteiger partial charge is 0.334 e. The third-order valence-electron chi connectivity index (χ3n) is 3.57. The number of amides is 2. The molecule has 0 unspecified atom stereocenters. The van der Waals surface area contributed by atoms with Crippen LogP contribution in [0, 0.1) is 6.92 Å². The van der Waals surface area contributed by atoms with E-state index in [1.165, 1.54) is 0 Å². The smallest absolute Gasteiger partial charge is 0.319 e. The Labute approximate surface area is 139 Å². The Balaban J connectivity index is 1.57. The van der Waals surface area contributed by atoms with E-state index < -0.39 is 0 Å². The minimum atomic E-state index is -0.276. The number of hydrogen-bond acceptors (Lipinski definition) is 4. The molecule has 0 bridgehead atoms. The van der Waals surface area contributed by atoms with Crippen LogP contribution in [0.2, 0.25) is 0 Å². The predicted molar refractivity (Wildman–Crippen MR) is 91.3 cm³/mol. The number of carbonyl (C=O) groups excluding carboxylic acids is 1. The van der Waals surface area contributed by atoms with Gasteiger partial charge in [0.05, 0.1) is 23.8 Å². The molecular weight excluding hydrogens is 304 g/mol. The van der Waals surface area contributed by atoms with Crippen LogP contribution in [0.15, 0.2) is 49.2 Å². The molecule has 0 radical (unpaired) electrons. The van der Waals surface area contributed by atoms with Gasteiger partial charge < -0.3 is 10.6 Å². The van der Waals surface area contributed by atoms with Gasteiger partial charge in [-0.1, -0.05) is 6.07 Å². The van der Waals surface area contributed by atoms with E-state index in [0.29, 0.717) is 12.2 Å². The van der Waals surface area contributed by atoms with Crippen LogP contribution in [0.1, 0.15) is 11.1 Å². The van der Waals surface area contributed by atoms with Gasteiger partial charge in [0, 0.05) is 37.7 Å². The number of rotatable bonds is 4. The van der Waals surface area contributed by atoms with Crippen LogP contribution >= 0.6 is 0 Å². The Bertz CT molecular complexity index is 840. The molecule has 7 heteroatoms. The summed E-state index contributed by atoms with van der Waals surface area (Å²) in [5.41, 5.74) is 4.38. The quantitative estimate of drug-likeness (QED) is 0.773. The lowest BCUT2D eigenvalue weighted by molar-refractivity contribution is 0.251. The molecule has 7 nitrogen and oxygen atoms in total. The number of urea groups is 1. The lowest BCUT2D eigenvalue weighted by Crippen LogP contribution is -2.28. The number of nitrogens with one attached hydrogen (secondary N) is 2. The standard InChI is InChI=1S/C17H18N6O/c1-12-5-6-18-10-16(12)22-17(24)20-8-13-3-4-15(19-7-13)14-9-21-23(2)11-14/h3-7,9-11H,8H2,1-2H3,(H2,20,22,24). The number of aryl methyl sites for hydroxylation is 2. The molecule has 2 N–H and O–H groups in total. The SMILES string of the molecule is Cc1ccncc1NC(=O)NCc1ccc(-c2cnn(C)c2)nc1. The zero-order chi connectivity index (χ0) is 16.9. The van der Waals surface area contributed by atoms with Crippen LogP contribution in [-0.2, 0) is 13.6 Å². The minimum Gasteiger partial charge on any atom is -0.334 e. The lowest BCUT2D eigenvalue weighted by Gasteiger charge is -2.09. The summed E-state index contributed by atoms with van der Waals surface area (Å²) in [4.78, 5) is 20.3. The Kier molecular flexibility index (Phi) is 4.51. The maximum Gasteiger partial charge on any atom is 0.319 e. The molecule has 0 fully saturated rings. The number of pyridine rings is 2. The molecule has 3 rings (SSSR count). The molecule has 122 valence electrons. The summed E-state index contributed by atoms with van der Waals surface area (Å²) >= 11 is 0. The van der Waals surface area contributed by atoms with Gasteiger partial charge in [-0.2, -0.15) is 5.10 Å². The van der Waals surface area contributed by atoms with E-state index in [2.05, 4.69) is 25.7 Å². The number of carbonyl (C=O) groups is 1. The average molecular weight is 322 g/mol. The molecule has 3 aromatic rings. The van der Waals surface area contributed by atoms with Gasteiger partial charge in [0.15, 0.2) is 0 Å². The number of aromatic nitrogens is 4. The van der Waals surface area contributed by atoms with Crippen LogP contribution < -0.4 is 10.6 Å². The van der Waals surface area contributed by atoms with E-state index in [1.807, 2.05) is 38.4 Å². The monoisotopic (exact) mass is 322 g/mol. The first kappa shape index (κ1) is 15.7. The molecule has 2 amide bonds. The second kappa shape index (κ2) is 6.91. The van der Waals surface area contributed by atoms with Crippen LogP contribution in [-0.4, -0.2) is 25.8 Å². The molecule has 0 aliphatic heterocycles. The van der Waals surface area contributed by atoms with Gasteiger partial charge in [0.2, 0.25) is 0 Å². The van der Waals surface area contributed by atoms with E-state index >= 15 is 0 Å². The summed E-state index contributed by atoms with van der Waals surface area (Å²) in [6.07, 6.45) is 8.73. The zero-order valence-electron chi connectivity index (χ0n) is 13.5. The molecule has 0 aliphatic rings. The van der Waals surface area contributed by atoms with Gasteiger partial charge in [-0.15, -0.1) is 0 Å². The molecular formula is C17H18N6O. The Hall–Kier alpha value is -3.22. The summed E-state index contributed by atoms with van der Waals surface area (Å²) in [7, 11) is 1.87. The molecule has 0 atom stereocenters. The van der Waals surface area contributed by atoms with Gasteiger partial charge in [0.25, 0.3) is 0 Å². The van der Waals surface area contributed by atoms with Gasteiger partial charge in [-0.05, 0) is 30.2 Å². The van der Waals surface area contributed by atoms with Crippen LogP contribution in [0.25, 0.3) is 11.3 Å². The first-order chi connectivity index (χ1) is 11.6. The highest BCUT2D eigenvalue weighted by Crippen LogP contribution is 2.15. The first-order valence-corrected chi connectivity index (χ1v) is 7.51. The van der Waals surface area contributed by atoms with Gasteiger partial charge in [-0.25, -0.2) is 4.79 Å². The van der Waals surface area contributed by atoms with Crippen molar-refractivity contribution in [3.05, 3.63) is 60.3 Å². The highest BCUT2D eigenvalue weighted by atomic mass is 16.2. The molecule has 0 aromatic carbocycles. The molecule has 0 saturated heterocycles. The van der Waals surface area contributed by atoms with Crippen LogP contribution in [0.5, 0.6) is 0 Å². The highest BCUT2D eigenvalue weighted by Gasteiger charge is 2.05. The zero-order valence-corrected chi connectivity index (χ0v) is 13.5. The van der Waals surface area contributed by atoms with Crippen molar-refractivity contribution in [3.8, 4) is 11.3 Å². The Morgan fingerprint density at radius 1 is 1.21 bits per heavy atom. The van der Waals surface area contributed by atoms with Crippen molar-refractivity contribution >= 4 is 11.7 Å². The fourth-order valence-electron chi connectivity index (χ4n) is 2.20. The van der Waals surface area contributed by atoms with E-state index in [-0.39, 0.29) is 6.03 Å². The van der Waals surface area contributed by atoms with Crippen molar-refractivity contribution in [2.24, 2.45) is 7.05 Å². The summed E-state index contributed by atoms with van der Waals surface area (Å²) in [6, 6.07) is 5.42. The fraction of sp³-hybridized carbons (Fsp3) is 0.176. The molecule has 3 heterocycles. The van der Waals surface area contributed by atoms with E-state index in [1.54, 1.807) is 29.5 Å². The summed E-state index contributed by atoms with van der Waals surface area (Å²) in [6.45, 7) is 2.31. The van der Waals surface area contributed by atoms with E-state index in [0.717, 1.165) is 22.4 Å². The summed E-state index contributed by atoms with van der Waals surface area (Å²) < 4.78 is 1.73. The second-order valence-corrected chi connectivity index (χ2v) is 5.45. The van der Waals surface area contributed by atoms with Crippen molar-refractivity contribution in [2.45, 2.75) is 13.5 Å². The Morgan fingerprint density at radius 2 is 2.08 bits per heavy atom. The van der Waals surface area contributed by atoms with Crippen molar-refractivity contribution in [1.82, 2.24) is 25.1 Å². The summed E-state index contributed by atoms with van der Waals surface area (Å²) in [5.74, 6) is 0. The van der Waals surface area contributed by atoms with Crippen molar-refractivity contribution in [3.63, 3.8) is 0 Å². The van der Waals surface area contributed by atoms with Gasteiger partial charge in [0.1, 0.15) is 0 Å². The highest BCUT2D eigenvalue weighted by molar-refractivity contribution is 5.89.